The summed E-state index contributed by atoms with van der Waals surface area (Å²) in [5.41, 5.74) is 7.89. The van der Waals surface area contributed by atoms with E-state index in [9.17, 15) is 0 Å². The van der Waals surface area contributed by atoms with Crippen molar-refractivity contribution in [3.05, 3.63) is 182 Å². The molecule has 0 N–H and O–H groups in total. The van der Waals surface area contributed by atoms with Crippen molar-refractivity contribution in [2.24, 2.45) is 0 Å². The third kappa shape index (κ3) is 4.64. The standard InChI is InChI=1S/C51H30N4O/c1-2-12-31(13-3-1)35-25-26-37-36(28-35)17-10-20-41(37)49-52-50(42-21-11-23-45-47(42)43-29-33-15-4-5-16-34(33)30-46(43)56-45)54-51(53-49)55-44-22-9-8-19-39(44)40-27-24-32-14-6-7-18-38(32)48(40)55/h1-30H. The first-order chi connectivity index (χ1) is 27.7. The summed E-state index contributed by atoms with van der Waals surface area (Å²) < 4.78 is 8.76. The SMILES string of the molecule is c1ccc(-c2ccc3c(-c4nc(-c5cccc6oc7cc8ccccc8cc7c56)nc(-n5c6ccccc6c6ccc7ccccc7c65)n4)cccc3c2)cc1. The van der Waals surface area contributed by atoms with Crippen molar-refractivity contribution >= 4 is 76.1 Å². The Kier molecular flexibility index (Phi) is 6.56. The number of fused-ring (bicyclic) bond motifs is 10. The summed E-state index contributed by atoms with van der Waals surface area (Å²) in [5, 5.41) is 11.1. The van der Waals surface area contributed by atoms with Gasteiger partial charge in [0.25, 0.3) is 0 Å². The molecule has 0 radical (unpaired) electrons. The van der Waals surface area contributed by atoms with Gasteiger partial charge in [0.05, 0.1) is 11.0 Å². The molecule has 0 aliphatic carbocycles. The summed E-state index contributed by atoms with van der Waals surface area (Å²) in [6.45, 7) is 0. The van der Waals surface area contributed by atoms with E-state index in [2.05, 4.69) is 168 Å². The molecule has 260 valence electrons. The lowest BCUT2D eigenvalue weighted by Gasteiger charge is -2.13. The molecule has 0 amide bonds. The highest BCUT2D eigenvalue weighted by Crippen LogP contribution is 2.40. The molecule has 3 heterocycles. The van der Waals surface area contributed by atoms with E-state index < -0.39 is 0 Å². The van der Waals surface area contributed by atoms with Crippen molar-refractivity contribution in [2.45, 2.75) is 0 Å². The second-order valence-electron chi connectivity index (χ2n) is 14.4. The van der Waals surface area contributed by atoms with Crippen LogP contribution in [0.1, 0.15) is 0 Å². The third-order valence-electron chi connectivity index (χ3n) is 11.2. The summed E-state index contributed by atoms with van der Waals surface area (Å²) in [4.78, 5) is 16.2. The predicted octanol–water partition coefficient (Wildman–Crippen LogP) is 13.3. The van der Waals surface area contributed by atoms with Gasteiger partial charge in [-0.1, -0.05) is 152 Å². The maximum atomic E-state index is 6.53. The van der Waals surface area contributed by atoms with Crippen LogP contribution in [-0.2, 0) is 0 Å². The van der Waals surface area contributed by atoms with Crippen LogP contribution in [0.2, 0.25) is 0 Å². The highest BCUT2D eigenvalue weighted by Gasteiger charge is 2.22. The van der Waals surface area contributed by atoms with E-state index >= 15 is 0 Å². The van der Waals surface area contributed by atoms with Crippen molar-refractivity contribution in [1.82, 2.24) is 19.5 Å². The summed E-state index contributed by atoms with van der Waals surface area (Å²) in [6, 6.07) is 63.9. The predicted molar refractivity (Wildman–Crippen MR) is 230 cm³/mol. The topological polar surface area (TPSA) is 56.7 Å². The molecule has 5 heteroatoms. The molecule has 0 fully saturated rings. The quantitative estimate of drug-likeness (QED) is 0.182. The molecule has 9 aromatic carbocycles. The van der Waals surface area contributed by atoms with Crippen molar-refractivity contribution in [1.29, 1.82) is 0 Å². The molecular formula is C51H30N4O. The Morgan fingerprint density at radius 3 is 1.93 bits per heavy atom. The Balaban J connectivity index is 1.18. The largest absolute Gasteiger partial charge is 0.456 e. The van der Waals surface area contributed by atoms with E-state index in [4.69, 9.17) is 19.4 Å². The molecule has 0 bridgehead atoms. The lowest BCUT2D eigenvalue weighted by molar-refractivity contribution is 0.669. The first-order valence-electron chi connectivity index (χ1n) is 18.9. The van der Waals surface area contributed by atoms with E-state index in [1.54, 1.807) is 0 Å². The number of para-hydroxylation sites is 1. The van der Waals surface area contributed by atoms with Gasteiger partial charge >= 0.3 is 0 Å². The van der Waals surface area contributed by atoms with Crippen molar-refractivity contribution < 1.29 is 4.42 Å². The van der Waals surface area contributed by atoms with Gasteiger partial charge in [-0.15, -0.1) is 0 Å². The average Bonchev–Trinajstić information content (AvgIpc) is 3.81. The zero-order chi connectivity index (χ0) is 36.7. The average molecular weight is 715 g/mol. The molecule has 12 rings (SSSR count). The molecule has 12 aromatic rings. The van der Waals surface area contributed by atoms with E-state index in [0.717, 1.165) is 92.8 Å². The number of benzene rings is 9. The van der Waals surface area contributed by atoms with E-state index in [1.165, 1.54) is 5.56 Å². The van der Waals surface area contributed by atoms with Crippen LogP contribution in [-0.4, -0.2) is 19.5 Å². The first-order valence-corrected chi connectivity index (χ1v) is 18.9. The molecule has 0 unspecified atom stereocenters. The van der Waals surface area contributed by atoms with Gasteiger partial charge < -0.3 is 4.42 Å². The van der Waals surface area contributed by atoms with Crippen LogP contribution in [0.3, 0.4) is 0 Å². The lowest BCUT2D eigenvalue weighted by atomic mass is 9.98. The lowest BCUT2D eigenvalue weighted by Crippen LogP contribution is -2.07. The van der Waals surface area contributed by atoms with Gasteiger partial charge in [-0.05, 0) is 68.4 Å². The van der Waals surface area contributed by atoms with Gasteiger partial charge in [0, 0.05) is 38.1 Å². The van der Waals surface area contributed by atoms with Gasteiger partial charge in [-0.25, -0.2) is 4.98 Å². The molecule has 3 aromatic heterocycles. The highest BCUT2D eigenvalue weighted by atomic mass is 16.3. The summed E-state index contributed by atoms with van der Waals surface area (Å²) in [6.07, 6.45) is 0. The Bertz CT molecular complexity index is 3540. The zero-order valence-corrected chi connectivity index (χ0v) is 30.0. The Hall–Kier alpha value is -7.63. The molecule has 0 aliphatic heterocycles. The minimum Gasteiger partial charge on any atom is -0.456 e. The van der Waals surface area contributed by atoms with Gasteiger partial charge in [-0.3, -0.25) is 4.57 Å². The molecule has 0 saturated carbocycles. The van der Waals surface area contributed by atoms with Crippen LogP contribution in [0, 0.1) is 0 Å². The van der Waals surface area contributed by atoms with E-state index in [-0.39, 0.29) is 0 Å². The molecule has 0 atom stereocenters. The molecule has 0 spiro atoms. The fourth-order valence-electron chi connectivity index (χ4n) is 8.63. The van der Waals surface area contributed by atoms with Gasteiger partial charge in [0.15, 0.2) is 11.6 Å². The number of nitrogens with zero attached hydrogens (tertiary/aromatic N) is 4. The first kappa shape index (κ1) is 30.8. The summed E-state index contributed by atoms with van der Waals surface area (Å²) in [7, 11) is 0. The van der Waals surface area contributed by atoms with Gasteiger partial charge in [-0.2, -0.15) is 9.97 Å². The fourth-order valence-corrected chi connectivity index (χ4v) is 8.63. The molecule has 56 heavy (non-hydrogen) atoms. The molecule has 5 nitrogen and oxygen atoms in total. The van der Waals surface area contributed by atoms with Crippen LogP contribution in [0.4, 0.5) is 0 Å². The van der Waals surface area contributed by atoms with Crippen LogP contribution in [0.15, 0.2) is 186 Å². The van der Waals surface area contributed by atoms with E-state index in [0.29, 0.717) is 17.6 Å². The molecule has 0 aliphatic rings. The van der Waals surface area contributed by atoms with Crippen molar-refractivity contribution in [3.63, 3.8) is 0 Å². The molecular weight excluding hydrogens is 685 g/mol. The summed E-state index contributed by atoms with van der Waals surface area (Å²) in [5.74, 6) is 1.74. The fraction of sp³-hybridized carbons (Fsp3) is 0. The Morgan fingerprint density at radius 1 is 0.375 bits per heavy atom. The number of rotatable bonds is 4. The minimum atomic E-state index is 0.556. The smallest absolute Gasteiger partial charge is 0.238 e. The second kappa shape index (κ2) is 11.9. The maximum Gasteiger partial charge on any atom is 0.238 e. The third-order valence-corrected chi connectivity index (χ3v) is 11.2. The number of furan rings is 1. The monoisotopic (exact) mass is 714 g/mol. The van der Waals surface area contributed by atoms with Crippen molar-refractivity contribution in [2.75, 3.05) is 0 Å². The van der Waals surface area contributed by atoms with E-state index in [1.807, 2.05) is 18.2 Å². The highest BCUT2D eigenvalue weighted by molar-refractivity contribution is 6.19. The normalized spacial score (nSPS) is 11.9. The zero-order valence-electron chi connectivity index (χ0n) is 30.0. The Morgan fingerprint density at radius 2 is 1.05 bits per heavy atom. The maximum absolute atomic E-state index is 6.53. The van der Waals surface area contributed by atoms with Crippen LogP contribution in [0.25, 0.3) is 116 Å². The molecule has 0 saturated heterocycles. The van der Waals surface area contributed by atoms with Gasteiger partial charge in [0.2, 0.25) is 5.95 Å². The number of aromatic nitrogens is 4. The van der Waals surface area contributed by atoms with Crippen LogP contribution >= 0.6 is 0 Å². The summed E-state index contributed by atoms with van der Waals surface area (Å²) >= 11 is 0. The Labute approximate surface area is 320 Å². The number of hydrogen-bond acceptors (Lipinski definition) is 4. The minimum absolute atomic E-state index is 0.556. The number of hydrogen-bond donors (Lipinski definition) is 0. The van der Waals surface area contributed by atoms with Crippen molar-refractivity contribution in [3.8, 4) is 39.9 Å². The second-order valence-corrected chi connectivity index (χ2v) is 14.4. The van der Waals surface area contributed by atoms with Crippen LogP contribution < -0.4 is 0 Å². The van der Waals surface area contributed by atoms with Gasteiger partial charge in [0.1, 0.15) is 11.2 Å². The van der Waals surface area contributed by atoms with Crippen LogP contribution in [0.5, 0.6) is 0 Å².